The van der Waals surface area contributed by atoms with Crippen molar-refractivity contribution in [2.75, 3.05) is 26.9 Å². The Labute approximate surface area is 159 Å². The molecule has 0 aromatic heterocycles. The van der Waals surface area contributed by atoms with Gasteiger partial charge in [0.2, 0.25) is 11.8 Å². The van der Waals surface area contributed by atoms with Crippen LogP contribution in [0.2, 0.25) is 0 Å². The molecule has 26 heavy (non-hydrogen) atoms. The van der Waals surface area contributed by atoms with Gasteiger partial charge in [0.15, 0.2) is 0 Å². The quantitative estimate of drug-likeness (QED) is 0.700. The van der Waals surface area contributed by atoms with Gasteiger partial charge in [0.25, 0.3) is 0 Å². The van der Waals surface area contributed by atoms with Crippen LogP contribution in [0.3, 0.4) is 0 Å². The summed E-state index contributed by atoms with van der Waals surface area (Å²) in [5, 5.41) is 5.43. The van der Waals surface area contributed by atoms with E-state index in [0.717, 1.165) is 11.1 Å². The van der Waals surface area contributed by atoms with E-state index in [1.54, 1.807) is 18.8 Å². The Morgan fingerprint density at radius 3 is 2.31 bits per heavy atom. The highest BCUT2D eigenvalue weighted by molar-refractivity contribution is 7.98. The number of nitrogens with one attached hydrogen (secondary N) is 2. The number of thioether (sulfide) groups is 1. The van der Waals surface area contributed by atoms with Gasteiger partial charge in [-0.2, -0.15) is 0 Å². The van der Waals surface area contributed by atoms with Crippen molar-refractivity contribution in [2.24, 2.45) is 0 Å². The fraction of sp³-hybridized carbons (Fsp3) is 0.300. The van der Waals surface area contributed by atoms with Gasteiger partial charge in [-0.05, 0) is 36.6 Å². The monoisotopic (exact) mass is 371 g/mol. The molecule has 5 nitrogen and oxygen atoms in total. The summed E-state index contributed by atoms with van der Waals surface area (Å²) in [5.41, 5.74) is 1.90. The van der Waals surface area contributed by atoms with E-state index in [9.17, 15) is 9.59 Å². The van der Waals surface area contributed by atoms with Crippen LogP contribution in [0, 0.1) is 0 Å². The normalized spacial score (nSPS) is 11.8. The average molecular weight is 372 g/mol. The van der Waals surface area contributed by atoms with Gasteiger partial charge in [0, 0.05) is 18.5 Å². The SMILES string of the molecule is CNC(=O)C(NC(=O)CN(C)Cc1ccc(SC)cc1)c1ccccc1. The standard InChI is InChI=1S/C20H25N3O2S/c1-21-20(25)19(16-7-5-4-6-8-16)22-18(24)14-23(2)13-15-9-11-17(26-3)12-10-15/h4-12,19H,13-14H2,1-3H3,(H,21,25)(H,22,24). The lowest BCUT2D eigenvalue weighted by atomic mass is 10.1. The van der Waals surface area contributed by atoms with Crippen molar-refractivity contribution in [3.63, 3.8) is 0 Å². The molecule has 0 aliphatic rings. The molecule has 2 aromatic carbocycles. The first kappa shape index (κ1) is 20.0. The summed E-state index contributed by atoms with van der Waals surface area (Å²) in [4.78, 5) is 27.7. The summed E-state index contributed by atoms with van der Waals surface area (Å²) in [5.74, 6) is -0.425. The first-order valence-electron chi connectivity index (χ1n) is 8.41. The number of nitrogens with zero attached hydrogens (tertiary/aromatic N) is 1. The molecule has 138 valence electrons. The van der Waals surface area contributed by atoms with Crippen LogP contribution in [0.15, 0.2) is 59.5 Å². The molecular weight excluding hydrogens is 346 g/mol. The Balaban J connectivity index is 1.95. The molecule has 0 bridgehead atoms. The Morgan fingerprint density at radius 2 is 1.73 bits per heavy atom. The summed E-state index contributed by atoms with van der Waals surface area (Å²) in [6.07, 6.45) is 2.04. The summed E-state index contributed by atoms with van der Waals surface area (Å²) in [6.45, 7) is 0.878. The van der Waals surface area contributed by atoms with Gasteiger partial charge in [0.05, 0.1) is 6.54 Å². The van der Waals surface area contributed by atoms with E-state index in [2.05, 4.69) is 34.9 Å². The second kappa shape index (κ2) is 9.99. The maximum atomic E-state index is 12.4. The third-order valence-electron chi connectivity index (χ3n) is 3.97. The Hall–Kier alpha value is -2.31. The zero-order valence-corrected chi connectivity index (χ0v) is 16.2. The highest BCUT2D eigenvalue weighted by Gasteiger charge is 2.22. The molecular formula is C20H25N3O2S. The molecule has 0 saturated carbocycles. The fourth-order valence-electron chi connectivity index (χ4n) is 2.64. The molecule has 2 aromatic rings. The summed E-state index contributed by atoms with van der Waals surface area (Å²) >= 11 is 1.70. The first-order chi connectivity index (χ1) is 12.5. The van der Waals surface area contributed by atoms with Gasteiger partial charge >= 0.3 is 0 Å². The topological polar surface area (TPSA) is 61.4 Å². The van der Waals surface area contributed by atoms with Crippen molar-refractivity contribution in [1.29, 1.82) is 0 Å². The predicted octanol–water partition coefficient (Wildman–Crippen LogP) is 2.44. The fourth-order valence-corrected chi connectivity index (χ4v) is 3.05. The third-order valence-corrected chi connectivity index (χ3v) is 4.72. The smallest absolute Gasteiger partial charge is 0.246 e. The van der Waals surface area contributed by atoms with E-state index >= 15 is 0 Å². The molecule has 2 rings (SSSR count). The van der Waals surface area contributed by atoms with Gasteiger partial charge in [-0.25, -0.2) is 0 Å². The van der Waals surface area contributed by atoms with Crippen LogP contribution in [-0.2, 0) is 16.1 Å². The summed E-state index contributed by atoms with van der Waals surface area (Å²) in [6, 6.07) is 16.8. The van der Waals surface area contributed by atoms with Crippen molar-refractivity contribution in [3.05, 3.63) is 65.7 Å². The number of carbonyl (C=O) groups excluding carboxylic acids is 2. The molecule has 0 heterocycles. The van der Waals surface area contributed by atoms with Crippen LogP contribution in [-0.4, -0.2) is 43.6 Å². The van der Waals surface area contributed by atoms with Gasteiger partial charge < -0.3 is 10.6 Å². The summed E-state index contributed by atoms with van der Waals surface area (Å²) < 4.78 is 0. The van der Waals surface area contributed by atoms with Crippen LogP contribution in [0.1, 0.15) is 17.2 Å². The zero-order chi connectivity index (χ0) is 18.9. The Bertz CT molecular complexity index is 720. The van der Waals surface area contributed by atoms with Crippen LogP contribution >= 0.6 is 11.8 Å². The van der Waals surface area contributed by atoms with Crippen molar-refractivity contribution in [3.8, 4) is 0 Å². The van der Waals surface area contributed by atoms with Crippen LogP contribution in [0.5, 0.6) is 0 Å². The van der Waals surface area contributed by atoms with E-state index in [1.807, 2.05) is 48.5 Å². The maximum absolute atomic E-state index is 12.4. The lowest BCUT2D eigenvalue weighted by molar-refractivity contribution is -0.129. The van der Waals surface area contributed by atoms with E-state index < -0.39 is 6.04 Å². The first-order valence-corrected chi connectivity index (χ1v) is 9.63. The number of rotatable bonds is 8. The zero-order valence-electron chi connectivity index (χ0n) is 15.4. The summed E-state index contributed by atoms with van der Waals surface area (Å²) in [7, 11) is 3.45. The third kappa shape index (κ3) is 5.89. The number of amides is 2. The van der Waals surface area contributed by atoms with Crippen molar-refractivity contribution >= 4 is 23.6 Å². The number of benzene rings is 2. The number of likely N-dealkylation sites (N-methyl/N-ethyl adjacent to an activating group) is 2. The van der Waals surface area contributed by atoms with Crippen molar-refractivity contribution < 1.29 is 9.59 Å². The highest BCUT2D eigenvalue weighted by Crippen LogP contribution is 2.16. The van der Waals surface area contributed by atoms with Gasteiger partial charge in [-0.3, -0.25) is 14.5 Å². The predicted molar refractivity (Wildman–Crippen MR) is 106 cm³/mol. The molecule has 0 radical (unpaired) electrons. The average Bonchev–Trinajstić information content (AvgIpc) is 2.66. The van der Waals surface area contributed by atoms with E-state index in [1.165, 1.54) is 4.90 Å². The number of carbonyl (C=O) groups is 2. The lowest BCUT2D eigenvalue weighted by Crippen LogP contribution is -2.42. The van der Waals surface area contributed by atoms with E-state index in [-0.39, 0.29) is 18.4 Å². The largest absolute Gasteiger partial charge is 0.357 e. The number of hydrogen-bond acceptors (Lipinski definition) is 4. The number of hydrogen-bond donors (Lipinski definition) is 2. The Kier molecular flexibility index (Phi) is 7.69. The molecule has 6 heteroatoms. The Morgan fingerprint density at radius 1 is 1.08 bits per heavy atom. The molecule has 1 atom stereocenters. The van der Waals surface area contributed by atoms with Crippen molar-refractivity contribution in [2.45, 2.75) is 17.5 Å². The van der Waals surface area contributed by atoms with E-state index in [4.69, 9.17) is 0 Å². The van der Waals surface area contributed by atoms with Crippen LogP contribution in [0.25, 0.3) is 0 Å². The molecule has 0 aliphatic heterocycles. The lowest BCUT2D eigenvalue weighted by Gasteiger charge is -2.21. The minimum atomic E-state index is -0.692. The molecule has 2 amide bonds. The minimum Gasteiger partial charge on any atom is -0.357 e. The van der Waals surface area contributed by atoms with E-state index in [0.29, 0.717) is 6.54 Å². The van der Waals surface area contributed by atoms with Crippen LogP contribution < -0.4 is 10.6 Å². The molecule has 0 saturated heterocycles. The highest BCUT2D eigenvalue weighted by atomic mass is 32.2. The van der Waals surface area contributed by atoms with Crippen molar-refractivity contribution in [1.82, 2.24) is 15.5 Å². The van der Waals surface area contributed by atoms with Gasteiger partial charge in [-0.1, -0.05) is 42.5 Å². The molecule has 1 unspecified atom stereocenters. The molecule has 0 fully saturated rings. The second-order valence-corrected chi connectivity index (χ2v) is 6.93. The van der Waals surface area contributed by atoms with Gasteiger partial charge in [-0.15, -0.1) is 11.8 Å². The maximum Gasteiger partial charge on any atom is 0.246 e. The van der Waals surface area contributed by atoms with Gasteiger partial charge in [0.1, 0.15) is 6.04 Å². The molecule has 0 aliphatic carbocycles. The molecule has 2 N–H and O–H groups in total. The second-order valence-electron chi connectivity index (χ2n) is 6.05. The minimum absolute atomic E-state index is 0.189. The van der Waals surface area contributed by atoms with Crippen LogP contribution in [0.4, 0.5) is 0 Å². The molecule has 0 spiro atoms.